The van der Waals surface area contributed by atoms with Gasteiger partial charge < -0.3 is 37.4 Å². The lowest BCUT2D eigenvalue weighted by Gasteiger charge is -2.28. The molecule has 0 amide bonds. The summed E-state index contributed by atoms with van der Waals surface area (Å²) in [4.78, 5) is 37.7. The van der Waals surface area contributed by atoms with E-state index in [1.807, 2.05) is 39.4 Å². The number of phosphoric ester groups is 1. The van der Waals surface area contributed by atoms with Crippen LogP contribution < -0.4 is 4.89 Å². The molecule has 60 heavy (non-hydrogen) atoms. The number of hydrogen-bond acceptors (Lipinski definition) is 10. The van der Waals surface area contributed by atoms with Gasteiger partial charge in [0, 0.05) is 25.7 Å². The number of quaternary nitrogens is 1. The summed E-state index contributed by atoms with van der Waals surface area (Å²) in [6.07, 6.45) is 33.2. The van der Waals surface area contributed by atoms with Crippen LogP contribution in [0.3, 0.4) is 0 Å². The number of ether oxygens (including phenoxy) is 2. The number of hydrogen-bond donors (Lipinski definition) is 1. The molecule has 344 valence electrons. The molecule has 0 aliphatic carbocycles. The molecule has 1 heterocycles. The van der Waals surface area contributed by atoms with Crippen LogP contribution in [0.1, 0.15) is 158 Å². The fraction of sp³-hybridized carbons (Fsp3) is 0.708. The van der Waals surface area contributed by atoms with Gasteiger partial charge in [-0.05, 0) is 82.8 Å². The molecule has 0 saturated heterocycles. The summed E-state index contributed by atoms with van der Waals surface area (Å²) >= 11 is 0. The number of rotatable bonds is 37. The molecule has 3 atom stereocenters. The summed E-state index contributed by atoms with van der Waals surface area (Å²) in [6, 6.07) is 0. The molecule has 1 aromatic rings. The number of aryl methyl sites for hydroxylation is 2. The second-order valence-electron chi connectivity index (χ2n) is 16.8. The number of phosphoric acid groups is 1. The van der Waals surface area contributed by atoms with Gasteiger partial charge in [-0.15, -0.1) is 0 Å². The summed E-state index contributed by atoms with van der Waals surface area (Å²) in [6.45, 7) is 8.22. The molecule has 1 aromatic heterocycles. The number of nitrogens with zero attached hydrogens (tertiary/aromatic N) is 1. The van der Waals surface area contributed by atoms with Gasteiger partial charge in [0.15, 0.2) is 6.10 Å². The van der Waals surface area contributed by atoms with Crippen molar-refractivity contribution in [3.63, 3.8) is 0 Å². The molecular formula is C48H82NO10P. The van der Waals surface area contributed by atoms with Crippen LogP contribution in [0, 0.1) is 13.8 Å². The molecule has 0 aromatic carbocycles. The normalized spacial score (nSPS) is 14.5. The Labute approximate surface area is 363 Å². The molecule has 0 aliphatic heterocycles. The maximum atomic E-state index is 12.8. The predicted octanol–water partition coefficient (Wildman–Crippen LogP) is 10.7. The van der Waals surface area contributed by atoms with E-state index < -0.39 is 32.5 Å². The molecule has 1 N–H and O–H groups in total. The topological polar surface area (TPSA) is 145 Å². The van der Waals surface area contributed by atoms with Crippen molar-refractivity contribution in [1.29, 1.82) is 0 Å². The Balaban J connectivity index is 2.43. The van der Waals surface area contributed by atoms with Crippen LogP contribution in [0.15, 0.2) is 53.0 Å². The smallest absolute Gasteiger partial charge is 0.306 e. The van der Waals surface area contributed by atoms with Gasteiger partial charge in [-0.25, -0.2) is 0 Å². The molecule has 0 spiro atoms. The Morgan fingerprint density at radius 2 is 1.27 bits per heavy atom. The van der Waals surface area contributed by atoms with Crippen LogP contribution in [0.4, 0.5) is 0 Å². The van der Waals surface area contributed by atoms with Crippen molar-refractivity contribution >= 4 is 19.8 Å². The van der Waals surface area contributed by atoms with Crippen molar-refractivity contribution in [3.05, 3.63) is 71.3 Å². The average molecular weight is 864 g/mol. The Morgan fingerprint density at radius 1 is 0.717 bits per heavy atom. The fourth-order valence-corrected chi connectivity index (χ4v) is 6.92. The number of esters is 2. The van der Waals surface area contributed by atoms with E-state index >= 15 is 0 Å². The summed E-state index contributed by atoms with van der Waals surface area (Å²) in [5, 5.41) is 9.83. The Bertz CT molecular complexity index is 1460. The van der Waals surface area contributed by atoms with E-state index in [0.717, 1.165) is 95.0 Å². The molecule has 0 saturated carbocycles. The van der Waals surface area contributed by atoms with Gasteiger partial charge in [-0.1, -0.05) is 114 Å². The molecule has 0 aliphatic rings. The highest BCUT2D eigenvalue weighted by Gasteiger charge is 2.22. The van der Waals surface area contributed by atoms with Crippen molar-refractivity contribution < 1.29 is 51.6 Å². The molecule has 1 rings (SSSR count). The summed E-state index contributed by atoms with van der Waals surface area (Å²) in [5.74, 6) is 1.30. The van der Waals surface area contributed by atoms with Crippen molar-refractivity contribution in [3.8, 4) is 0 Å². The molecule has 1 unspecified atom stereocenters. The molecule has 11 nitrogen and oxygen atoms in total. The minimum Gasteiger partial charge on any atom is -0.756 e. The Hall–Kier alpha value is -2.79. The van der Waals surface area contributed by atoms with E-state index in [4.69, 9.17) is 22.9 Å². The van der Waals surface area contributed by atoms with Crippen LogP contribution in [0.25, 0.3) is 0 Å². The van der Waals surface area contributed by atoms with E-state index in [1.165, 1.54) is 30.4 Å². The maximum absolute atomic E-state index is 12.8. The highest BCUT2D eigenvalue weighted by Crippen LogP contribution is 2.38. The number of allylic oxidation sites excluding steroid dienone is 7. The predicted molar refractivity (Wildman–Crippen MR) is 240 cm³/mol. The van der Waals surface area contributed by atoms with Gasteiger partial charge in [-0.3, -0.25) is 14.2 Å². The van der Waals surface area contributed by atoms with E-state index in [2.05, 4.69) is 58.1 Å². The third-order valence-corrected chi connectivity index (χ3v) is 11.1. The number of aliphatic hydroxyl groups is 1. The average Bonchev–Trinajstić information content (AvgIpc) is 3.46. The quantitative estimate of drug-likeness (QED) is 0.0226. The molecule has 0 fully saturated rings. The summed E-state index contributed by atoms with van der Waals surface area (Å²) in [7, 11) is 1.08. The zero-order valence-electron chi connectivity index (χ0n) is 38.5. The van der Waals surface area contributed by atoms with Crippen LogP contribution in [0.5, 0.6) is 0 Å². The van der Waals surface area contributed by atoms with Gasteiger partial charge in [0.1, 0.15) is 31.3 Å². The van der Waals surface area contributed by atoms with Crippen molar-refractivity contribution in [2.24, 2.45) is 0 Å². The van der Waals surface area contributed by atoms with Gasteiger partial charge >= 0.3 is 11.9 Å². The molecule has 0 radical (unpaired) electrons. The number of unbranched alkanes of at least 4 members (excludes halogenated alkanes) is 9. The summed E-state index contributed by atoms with van der Waals surface area (Å²) < 4.78 is 40.1. The first-order valence-corrected chi connectivity index (χ1v) is 24.3. The largest absolute Gasteiger partial charge is 0.756 e. The standard InChI is InChI=1S/C48H82NO10P/c1-8-10-26-33-45-41(3)42(4)46(59-45)34-28-23-20-21-25-30-36-48(52)58-44(40-57-60(53,54)56-38-37-49(5,6)7)39-55-47(51)35-29-24-19-17-15-13-12-14-16-18-22-27-32-43(50)31-11-9-2/h12-13,16-19,27,32,43-44,50H,8-11,14-15,20-26,28-31,33-40H2,1-7H3/b13-12-,18-16-,19-17-,32-27-/t43-,44+/m0/s1. The van der Waals surface area contributed by atoms with Gasteiger partial charge in [0.05, 0.1) is 33.9 Å². The second-order valence-corrected chi connectivity index (χ2v) is 18.2. The first-order chi connectivity index (χ1) is 28.7. The Kier molecular flexibility index (Phi) is 31.1. The zero-order chi connectivity index (χ0) is 44.5. The van der Waals surface area contributed by atoms with Crippen LogP contribution in [-0.4, -0.2) is 81.2 Å². The minimum atomic E-state index is -4.67. The lowest BCUT2D eigenvalue weighted by Crippen LogP contribution is -2.37. The van der Waals surface area contributed by atoms with Gasteiger partial charge in [-0.2, -0.15) is 0 Å². The number of carbonyl (C=O) groups is 2. The molecular weight excluding hydrogens is 781 g/mol. The molecule has 12 heteroatoms. The first-order valence-electron chi connectivity index (χ1n) is 22.8. The van der Waals surface area contributed by atoms with Gasteiger partial charge in [0.25, 0.3) is 7.82 Å². The number of likely N-dealkylation sites (N-methyl/N-ethyl adjacent to an activating group) is 1. The van der Waals surface area contributed by atoms with Crippen molar-refractivity contribution in [2.75, 3.05) is 47.5 Å². The highest BCUT2D eigenvalue weighted by atomic mass is 31.2. The zero-order valence-corrected chi connectivity index (χ0v) is 39.4. The van der Waals surface area contributed by atoms with Gasteiger partial charge in [0.2, 0.25) is 0 Å². The summed E-state index contributed by atoms with van der Waals surface area (Å²) in [5.41, 5.74) is 2.58. The first kappa shape index (κ1) is 55.2. The van der Waals surface area contributed by atoms with E-state index in [-0.39, 0.29) is 32.2 Å². The van der Waals surface area contributed by atoms with Crippen LogP contribution >= 0.6 is 7.82 Å². The fourth-order valence-electron chi connectivity index (χ4n) is 6.20. The second kappa shape index (κ2) is 33.8. The van der Waals surface area contributed by atoms with E-state index in [9.17, 15) is 24.2 Å². The van der Waals surface area contributed by atoms with Crippen LogP contribution in [-0.2, 0) is 45.5 Å². The van der Waals surface area contributed by atoms with Crippen molar-refractivity contribution in [1.82, 2.24) is 0 Å². The monoisotopic (exact) mass is 864 g/mol. The van der Waals surface area contributed by atoms with Crippen molar-refractivity contribution in [2.45, 2.75) is 175 Å². The highest BCUT2D eigenvalue weighted by molar-refractivity contribution is 7.45. The maximum Gasteiger partial charge on any atom is 0.306 e. The third kappa shape index (κ3) is 30.3. The third-order valence-electron chi connectivity index (χ3n) is 10.1. The molecule has 0 bridgehead atoms. The lowest BCUT2D eigenvalue weighted by atomic mass is 10.0. The SMILES string of the molecule is CCCCCc1oc(CCCCCCCCC(=O)O[C@H](COC(=O)CCC/C=C\C/C=C\C/C=C\C/C=C\[C@@H](O)CCCC)COP(=O)([O-])OCC[N+](C)(C)C)c(C)c1C. The number of aliphatic hydroxyl groups excluding tert-OH is 1. The van der Waals surface area contributed by atoms with Crippen LogP contribution in [0.2, 0.25) is 0 Å². The lowest BCUT2D eigenvalue weighted by molar-refractivity contribution is -0.870. The number of furan rings is 1. The Morgan fingerprint density at radius 3 is 1.88 bits per heavy atom. The van der Waals surface area contributed by atoms with E-state index in [1.54, 1.807) is 0 Å². The van der Waals surface area contributed by atoms with E-state index in [0.29, 0.717) is 30.3 Å². The number of carbonyl (C=O) groups excluding carboxylic acids is 2. The minimum absolute atomic E-state index is 0.0571.